The quantitative estimate of drug-likeness (QED) is 0.880. The first kappa shape index (κ1) is 13.8. The highest BCUT2D eigenvalue weighted by Gasteiger charge is 2.23. The highest BCUT2D eigenvalue weighted by molar-refractivity contribution is 7.21. The van der Waals surface area contributed by atoms with Crippen LogP contribution in [0.15, 0.2) is 6.07 Å². The fraction of sp³-hybridized carbons (Fsp3) is 0.357. The molecule has 0 bridgehead atoms. The van der Waals surface area contributed by atoms with E-state index in [-0.39, 0.29) is 12.5 Å². The number of aryl methyl sites for hydroxylation is 2. The standard InChI is InChI=1S/C14H16N4O2S/c1-18(6-10(15)19)14(20)12-11(16)8-5-7-3-2-4-9(7)17-13(8)21-12/h5H,2-4,6,16H2,1H3,(H2,15,19). The van der Waals surface area contributed by atoms with Gasteiger partial charge in [-0.05, 0) is 30.9 Å². The van der Waals surface area contributed by atoms with Gasteiger partial charge in [0.05, 0.1) is 12.2 Å². The summed E-state index contributed by atoms with van der Waals surface area (Å²) in [7, 11) is 1.53. The summed E-state index contributed by atoms with van der Waals surface area (Å²) in [4.78, 5) is 30.4. The third-order valence-electron chi connectivity index (χ3n) is 3.68. The summed E-state index contributed by atoms with van der Waals surface area (Å²) < 4.78 is 0. The number of amides is 2. The summed E-state index contributed by atoms with van der Waals surface area (Å²) in [5, 5.41) is 0.830. The average Bonchev–Trinajstić information content (AvgIpc) is 2.99. The first-order valence-electron chi connectivity index (χ1n) is 6.72. The number of carbonyl (C=O) groups is 2. The van der Waals surface area contributed by atoms with Gasteiger partial charge in [-0.2, -0.15) is 0 Å². The Kier molecular flexibility index (Phi) is 3.29. The Bertz CT molecular complexity index is 753. The number of aromatic nitrogens is 1. The molecule has 0 aliphatic heterocycles. The van der Waals surface area contributed by atoms with Crippen LogP contribution in [0.4, 0.5) is 5.69 Å². The Morgan fingerprint density at radius 2 is 2.19 bits per heavy atom. The molecule has 2 amide bonds. The number of carbonyl (C=O) groups excluding carboxylic acids is 2. The van der Waals surface area contributed by atoms with E-state index < -0.39 is 5.91 Å². The molecule has 7 heteroatoms. The molecular formula is C14H16N4O2S. The number of hydrogen-bond acceptors (Lipinski definition) is 5. The number of rotatable bonds is 3. The molecule has 0 aromatic carbocycles. The Morgan fingerprint density at radius 1 is 1.43 bits per heavy atom. The first-order valence-corrected chi connectivity index (χ1v) is 7.53. The monoisotopic (exact) mass is 304 g/mol. The largest absolute Gasteiger partial charge is 0.397 e. The van der Waals surface area contributed by atoms with Gasteiger partial charge < -0.3 is 16.4 Å². The molecular weight excluding hydrogens is 288 g/mol. The lowest BCUT2D eigenvalue weighted by Crippen LogP contribution is -2.35. The molecule has 1 aliphatic rings. The van der Waals surface area contributed by atoms with Crippen LogP contribution in [0.1, 0.15) is 27.3 Å². The normalized spacial score (nSPS) is 13.4. The fourth-order valence-corrected chi connectivity index (χ4v) is 3.73. The minimum Gasteiger partial charge on any atom is -0.397 e. The molecule has 2 heterocycles. The van der Waals surface area contributed by atoms with E-state index in [2.05, 4.69) is 4.98 Å². The summed E-state index contributed by atoms with van der Waals surface area (Å²) in [6.45, 7) is -0.129. The van der Waals surface area contributed by atoms with Gasteiger partial charge in [0.25, 0.3) is 5.91 Å². The highest BCUT2D eigenvalue weighted by atomic mass is 32.1. The number of nitrogens with two attached hydrogens (primary N) is 2. The number of primary amides is 1. The van der Waals surface area contributed by atoms with Gasteiger partial charge in [-0.15, -0.1) is 11.3 Å². The molecule has 0 unspecified atom stereocenters. The number of hydrogen-bond donors (Lipinski definition) is 2. The number of fused-ring (bicyclic) bond motifs is 2. The molecule has 0 fully saturated rings. The predicted octanol–water partition coefficient (Wildman–Crippen LogP) is 0.924. The molecule has 6 nitrogen and oxygen atoms in total. The van der Waals surface area contributed by atoms with Gasteiger partial charge in [0.2, 0.25) is 5.91 Å². The van der Waals surface area contributed by atoms with E-state index in [1.54, 1.807) is 0 Å². The lowest BCUT2D eigenvalue weighted by atomic mass is 10.1. The van der Waals surface area contributed by atoms with Gasteiger partial charge in [0.15, 0.2) is 0 Å². The van der Waals surface area contributed by atoms with Crippen LogP contribution in [0.25, 0.3) is 10.2 Å². The molecule has 0 saturated heterocycles. The van der Waals surface area contributed by atoms with Crippen molar-refractivity contribution in [3.8, 4) is 0 Å². The molecule has 2 aromatic heterocycles. The van der Waals surface area contributed by atoms with E-state index in [9.17, 15) is 9.59 Å². The third kappa shape index (κ3) is 2.33. The highest BCUT2D eigenvalue weighted by Crippen LogP contribution is 2.36. The number of nitrogens with zero attached hydrogens (tertiary/aromatic N) is 2. The van der Waals surface area contributed by atoms with Gasteiger partial charge >= 0.3 is 0 Å². The smallest absolute Gasteiger partial charge is 0.266 e. The Hall–Kier alpha value is -2.15. The molecule has 0 spiro atoms. The topological polar surface area (TPSA) is 102 Å². The molecule has 21 heavy (non-hydrogen) atoms. The Morgan fingerprint density at radius 3 is 2.90 bits per heavy atom. The zero-order valence-corrected chi connectivity index (χ0v) is 12.5. The maximum Gasteiger partial charge on any atom is 0.266 e. The lowest BCUT2D eigenvalue weighted by molar-refractivity contribution is -0.118. The van der Waals surface area contributed by atoms with Gasteiger partial charge in [0, 0.05) is 18.1 Å². The number of nitrogen functional groups attached to an aromatic ring is 1. The van der Waals surface area contributed by atoms with Crippen LogP contribution in [-0.2, 0) is 17.6 Å². The summed E-state index contributed by atoms with van der Waals surface area (Å²) >= 11 is 1.27. The second kappa shape index (κ2) is 5.00. The maximum atomic E-state index is 12.3. The molecule has 0 saturated carbocycles. The Labute approximate surface area is 125 Å². The average molecular weight is 304 g/mol. The van der Waals surface area contributed by atoms with Gasteiger partial charge in [-0.25, -0.2) is 4.98 Å². The van der Waals surface area contributed by atoms with Crippen LogP contribution in [0, 0.1) is 0 Å². The maximum absolute atomic E-state index is 12.3. The van der Waals surface area contributed by atoms with Crippen molar-refractivity contribution in [1.82, 2.24) is 9.88 Å². The molecule has 4 N–H and O–H groups in total. The van der Waals surface area contributed by atoms with Crippen LogP contribution in [-0.4, -0.2) is 35.3 Å². The van der Waals surface area contributed by atoms with Crippen molar-refractivity contribution in [2.75, 3.05) is 19.3 Å². The first-order chi connectivity index (χ1) is 9.97. The van der Waals surface area contributed by atoms with Crippen LogP contribution >= 0.6 is 11.3 Å². The zero-order valence-electron chi connectivity index (χ0n) is 11.7. The molecule has 0 atom stereocenters. The van der Waals surface area contributed by atoms with Crippen molar-refractivity contribution in [3.05, 3.63) is 22.2 Å². The van der Waals surface area contributed by atoms with Crippen LogP contribution < -0.4 is 11.5 Å². The summed E-state index contributed by atoms with van der Waals surface area (Å²) in [6, 6.07) is 2.04. The van der Waals surface area contributed by atoms with Crippen molar-refractivity contribution in [3.63, 3.8) is 0 Å². The zero-order chi connectivity index (χ0) is 15.1. The molecule has 0 radical (unpaired) electrons. The van der Waals surface area contributed by atoms with Crippen LogP contribution in [0.5, 0.6) is 0 Å². The molecule has 3 rings (SSSR count). The number of likely N-dealkylation sites (N-methyl/N-ethyl adjacent to an activating group) is 1. The predicted molar refractivity (Wildman–Crippen MR) is 82.2 cm³/mol. The van der Waals surface area contributed by atoms with Crippen molar-refractivity contribution < 1.29 is 9.59 Å². The van der Waals surface area contributed by atoms with E-state index in [4.69, 9.17) is 11.5 Å². The van der Waals surface area contributed by atoms with Gasteiger partial charge in [-0.1, -0.05) is 0 Å². The van der Waals surface area contributed by atoms with E-state index >= 15 is 0 Å². The minimum atomic E-state index is -0.553. The van der Waals surface area contributed by atoms with Crippen molar-refractivity contribution in [1.29, 1.82) is 0 Å². The van der Waals surface area contributed by atoms with Gasteiger partial charge in [-0.3, -0.25) is 9.59 Å². The summed E-state index contributed by atoms with van der Waals surface area (Å²) in [5.74, 6) is -0.850. The Balaban J connectivity index is 2.02. The SMILES string of the molecule is CN(CC(N)=O)C(=O)c1sc2nc3c(cc2c1N)CCC3. The molecule has 110 valence electrons. The van der Waals surface area contributed by atoms with Crippen molar-refractivity contribution >= 4 is 39.1 Å². The third-order valence-corrected chi connectivity index (χ3v) is 4.79. The second-order valence-electron chi connectivity index (χ2n) is 5.27. The fourth-order valence-electron chi connectivity index (χ4n) is 2.64. The van der Waals surface area contributed by atoms with E-state index in [1.807, 2.05) is 6.07 Å². The van der Waals surface area contributed by atoms with Crippen LogP contribution in [0.3, 0.4) is 0 Å². The minimum absolute atomic E-state index is 0.129. The lowest BCUT2D eigenvalue weighted by Gasteiger charge is -2.14. The molecule has 1 aliphatic carbocycles. The summed E-state index contributed by atoms with van der Waals surface area (Å²) in [5.41, 5.74) is 14.0. The van der Waals surface area contributed by atoms with Crippen LogP contribution in [0.2, 0.25) is 0 Å². The molecule has 2 aromatic rings. The summed E-state index contributed by atoms with van der Waals surface area (Å²) in [6.07, 6.45) is 3.11. The van der Waals surface area contributed by atoms with E-state index in [0.29, 0.717) is 10.6 Å². The number of pyridine rings is 1. The number of thiophene rings is 1. The van der Waals surface area contributed by atoms with E-state index in [0.717, 1.165) is 35.2 Å². The van der Waals surface area contributed by atoms with Crippen molar-refractivity contribution in [2.24, 2.45) is 5.73 Å². The van der Waals surface area contributed by atoms with Crippen molar-refractivity contribution in [2.45, 2.75) is 19.3 Å². The van der Waals surface area contributed by atoms with E-state index in [1.165, 1.54) is 28.8 Å². The number of anilines is 1. The van der Waals surface area contributed by atoms with Gasteiger partial charge in [0.1, 0.15) is 9.71 Å². The second-order valence-corrected chi connectivity index (χ2v) is 6.27.